The molecule has 0 saturated carbocycles. The molecule has 0 aliphatic carbocycles. The predicted molar refractivity (Wildman–Crippen MR) is 412 cm³/mol. The van der Waals surface area contributed by atoms with Crippen LogP contribution in [0.3, 0.4) is 0 Å². The smallest absolute Gasteiger partial charge is 0.493 e. The normalized spacial score (nSPS) is 28.4. The van der Waals surface area contributed by atoms with E-state index in [1.54, 1.807) is 24.3 Å². The number of nitrogens with one attached hydrogen (secondary N) is 1. The van der Waals surface area contributed by atoms with Gasteiger partial charge in [-0.25, -0.2) is 17.9 Å². The largest absolute Gasteiger partial charge is 0.509 e. The van der Waals surface area contributed by atoms with Crippen LogP contribution in [0.2, 0.25) is 33.2 Å². The van der Waals surface area contributed by atoms with Gasteiger partial charge in [0.1, 0.15) is 67.1 Å². The van der Waals surface area contributed by atoms with Crippen molar-refractivity contribution in [1.29, 1.82) is 0 Å². The Kier molecular flexibility index (Phi) is 29.5. The minimum Gasteiger partial charge on any atom is -0.493 e. The van der Waals surface area contributed by atoms with Crippen LogP contribution in [0.25, 0.3) is 0 Å². The number of benzene rings is 6. The number of fused-ring (bicyclic) bond motifs is 1. The second-order valence-electron chi connectivity index (χ2n) is 30.8. The molecule has 108 heavy (non-hydrogen) atoms. The molecule has 0 bridgehead atoms. The number of hydrogen-bond donors (Lipinski definition) is 2. The van der Waals surface area contributed by atoms with Crippen molar-refractivity contribution in [2.24, 2.45) is 0 Å². The lowest BCUT2D eigenvalue weighted by Gasteiger charge is -2.51. The molecule has 5 heterocycles. The van der Waals surface area contributed by atoms with Crippen molar-refractivity contribution in [3.8, 4) is 0 Å². The van der Waals surface area contributed by atoms with Gasteiger partial charge in [-0.3, -0.25) is 0 Å². The molecule has 4 saturated heterocycles. The maximum absolute atomic E-state index is 15.4. The highest BCUT2D eigenvalue weighted by Gasteiger charge is 2.62. The Hall–Kier alpha value is -6.09. The number of carbonyl (C=O) groups excluding carboxylic acids is 1. The molecule has 0 unspecified atom stereocenters. The summed E-state index contributed by atoms with van der Waals surface area (Å²) in [4.78, 5) is 14.2. The molecule has 4 fully saturated rings. The van der Waals surface area contributed by atoms with Crippen LogP contribution in [0.4, 0.5) is 4.79 Å². The summed E-state index contributed by atoms with van der Waals surface area (Å²) in [6.07, 6.45) is -18.4. The first-order valence-electron chi connectivity index (χ1n) is 38.4. The van der Waals surface area contributed by atoms with Crippen molar-refractivity contribution in [2.75, 3.05) is 19.8 Å². The van der Waals surface area contributed by atoms with E-state index in [1.165, 1.54) is 18.4 Å². The number of ether oxygens (including phenoxy) is 14. The van der Waals surface area contributed by atoms with Crippen LogP contribution in [0.1, 0.15) is 118 Å². The summed E-state index contributed by atoms with van der Waals surface area (Å²) in [6, 6.07) is 54.8. The monoisotopic (exact) mass is 1540 g/mol. The Bertz CT molecular complexity index is 3770. The van der Waals surface area contributed by atoms with Gasteiger partial charge >= 0.3 is 6.16 Å². The van der Waals surface area contributed by atoms with Crippen LogP contribution in [0.15, 0.2) is 199 Å². The van der Waals surface area contributed by atoms with Crippen LogP contribution in [-0.2, 0) is 118 Å². The molecule has 2 N–H and O–H groups in total. The summed E-state index contributed by atoms with van der Waals surface area (Å²) in [7, 11) is -9.74. The summed E-state index contributed by atoms with van der Waals surface area (Å²) in [6.45, 7) is 28.4. The first-order valence-corrected chi connectivity index (χ1v) is 44.1. The lowest BCUT2D eigenvalue weighted by Crippen LogP contribution is -2.69. The zero-order chi connectivity index (χ0) is 76.7. The van der Waals surface area contributed by atoms with E-state index in [0.717, 1.165) is 27.8 Å². The Morgan fingerprint density at radius 2 is 0.824 bits per heavy atom. The topological polar surface area (TPSA) is 231 Å². The van der Waals surface area contributed by atoms with Crippen LogP contribution in [0, 0.1) is 0 Å². The van der Waals surface area contributed by atoms with E-state index >= 15 is 8.42 Å². The molecule has 588 valence electrons. The SMILES string of the molecule is CC(C)[Si](OC[C@H]1OC=C[C@@H](O[C@@H]2O[C@H](COCc3ccccc3)[C@@H](O[C@@H]3O[C@H](CO[Si](C(C)C)(C(C)C)C(C)C)[C@@H]4OC(=O)O[C@@H]4[C@H]3O[C@@H]3O[C@@H](C)[C@@H](OCc4ccccc4)[C@@H](OCc4ccccc4)[C@@H]3OCc3ccccc3)[C@H](OCc3ccccc3)[C@H]2NS(=O)(=O)c2ccccc2)[C@H]1O)(C(C)C)C(C)C. The lowest BCUT2D eigenvalue weighted by molar-refractivity contribution is -0.384. The van der Waals surface area contributed by atoms with Gasteiger partial charge in [0.2, 0.25) is 18.3 Å². The summed E-state index contributed by atoms with van der Waals surface area (Å²) < 4.78 is 146. The molecular formula is C84H113NO20SSi2. The Morgan fingerprint density at radius 3 is 1.31 bits per heavy atom. The zero-order valence-electron chi connectivity index (χ0n) is 64.6. The Labute approximate surface area is 641 Å². The second kappa shape index (κ2) is 38.4. The molecule has 21 nitrogen and oxygen atoms in total. The van der Waals surface area contributed by atoms with E-state index in [4.69, 9.17) is 75.2 Å². The zero-order valence-corrected chi connectivity index (χ0v) is 67.4. The molecule has 18 atom stereocenters. The van der Waals surface area contributed by atoms with E-state index in [2.05, 4.69) is 87.8 Å². The molecule has 0 amide bonds. The van der Waals surface area contributed by atoms with Gasteiger partial charge in [-0.2, -0.15) is 0 Å². The van der Waals surface area contributed by atoms with Crippen molar-refractivity contribution in [3.63, 3.8) is 0 Å². The van der Waals surface area contributed by atoms with Crippen molar-refractivity contribution >= 4 is 32.8 Å². The van der Waals surface area contributed by atoms with Gasteiger partial charge in [0.15, 0.2) is 45.5 Å². The maximum Gasteiger partial charge on any atom is 0.509 e. The highest BCUT2D eigenvalue weighted by molar-refractivity contribution is 7.89. The highest BCUT2D eigenvalue weighted by atomic mass is 32.2. The number of carbonyl (C=O) groups is 1. The molecule has 5 aliphatic rings. The van der Waals surface area contributed by atoms with E-state index < -0.39 is 143 Å². The van der Waals surface area contributed by atoms with Gasteiger partial charge in [-0.05, 0) is 86.2 Å². The van der Waals surface area contributed by atoms with Gasteiger partial charge in [-0.1, -0.05) is 253 Å². The first kappa shape index (κ1) is 82.9. The van der Waals surface area contributed by atoms with Crippen LogP contribution < -0.4 is 4.72 Å². The number of hydrogen-bond acceptors (Lipinski definition) is 20. The summed E-state index contributed by atoms with van der Waals surface area (Å²) >= 11 is 0. The minimum absolute atomic E-state index is 0.0551. The molecular weight excluding hydrogens is 1430 g/mol. The molecule has 5 aliphatic heterocycles. The number of rotatable bonds is 37. The summed E-state index contributed by atoms with van der Waals surface area (Å²) in [5, 5.41) is 12.6. The van der Waals surface area contributed by atoms with Crippen molar-refractivity contribution in [1.82, 2.24) is 4.72 Å². The van der Waals surface area contributed by atoms with Gasteiger partial charge in [0.25, 0.3) is 0 Å². The lowest BCUT2D eigenvalue weighted by atomic mass is 9.95. The van der Waals surface area contributed by atoms with Gasteiger partial charge < -0.3 is 80.3 Å². The molecule has 0 aromatic heterocycles. The molecule has 6 aromatic carbocycles. The second-order valence-corrected chi connectivity index (χ2v) is 43.4. The number of sulfonamides is 1. The number of aliphatic hydroxyl groups is 1. The standard InChI is InChI=1S/C84H113NO20SSi2/c1-54(2)107(55(3)4,56(5)6)96-52-68-72(86)67(44-45-91-68)99-81-71(85-106(88,89)66-42-30-19-31-43-66)76(93-48-63-36-24-16-25-37-63)74(69(100-81)51-90-46-61-32-20-14-21-33-61)102-83-80(78-75(104-84(87)105-78)70(101-83)53-97-108(57(7)8,58(9)10)59(11)12)103-82-79(95-50-65-40-28-18-29-41-65)77(94-49-64-38-26-17-27-39-64)73(60(13)98-82)92-47-62-34-22-15-23-35-62/h14-45,54-60,67-83,85-86H,46-53H2,1-13H3/t60-,67+,68+,69+,70+,71+,72+,73+,74+,75-,76+,77+,78-,79-,80+,81+,82-,83-/m0/s1. The summed E-state index contributed by atoms with van der Waals surface area (Å²) in [5.41, 5.74) is 5.38. The molecule has 11 rings (SSSR count). The van der Waals surface area contributed by atoms with Crippen LogP contribution in [-0.4, -0.2) is 167 Å². The molecule has 24 heteroatoms. The van der Waals surface area contributed by atoms with E-state index in [-0.39, 0.29) is 91.0 Å². The fourth-order valence-electron chi connectivity index (χ4n) is 16.7. The highest BCUT2D eigenvalue weighted by Crippen LogP contribution is 2.46. The summed E-state index contributed by atoms with van der Waals surface area (Å²) in [5.74, 6) is 0. The van der Waals surface area contributed by atoms with Gasteiger partial charge in [0.05, 0.1) is 70.1 Å². The molecule has 0 radical (unpaired) electrons. The average Bonchev–Trinajstić information content (AvgIpc) is 1.28. The van der Waals surface area contributed by atoms with Gasteiger partial charge in [-0.15, -0.1) is 0 Å². The number of aliphatic hydroxyl groups excluding tert-OH is 1. The maximum atomic E-state index is 15.4. The van der Waals surface area contributed by atoms with Crippen LogP contribution in [0.5, 0.6) is 0 Å². The first-order chi connectivity index (χ1) is 52.0. The third-order valence-electron chi connectivity index (χ3n) is 21.8. The van der Waals surface area contributed by atoms with Crippen molar-refractivity contribution < 1.29 is 93.5 Å². The van der Waals surface area contributed by atoms with Crippen LogP contribution >= 0.6 is 0 Å². The van der Waals surface area contributed by atoms with E-state index in [0.29, 0.717) is 0 Å². The fraction of sp³-hybridized carbons (Fsp3) is 0.536. The van der Waals surface area contributed by atoms with E-state index in [9.17, 15) is 9.90 Å². The van der Waals surface area contributed by atoms with E-state index in [1.807, 2.05) is 159 Å². The fourth-order valence-corrected chi connectivity index (χ4v) is 28.9. The molecule has 0 spiro atoms. The van der Waals surface area contributed by atoms with Crippen molar-refractivity contribution in [2.45, 2.75) is 272 Å². The Balaban J connectivity index is 1.04. The molecule has 6 aromatic rings. The third-order valence-corrected chi connectivity index (χ3v) is 35.5. The van der Waals surface area contributed by atoms with Crippen molar-refractivity contribution in [3.05, 3.63) is 222 Å². The third kappa shape index (κ3) is 20.0. The Morgan fingerprint density at radius 1 is 0.426 bits per heavy atom. The quantitative estimate of drug-likeness (QED) is 0.0273. The predicted octanol–water partition coefficient (Wildman–Crippen LogP) is 14.8. The van der Waals surface area contributed by atoms with Gasteiger partial charge in [0, 0.05) is 0 Å². The average molecular weight is 1550 g/mol. The minimum atomic E-state index is -4.53.